The monoisotopic (exact) mass is 723 g/mol. The minimum absolute atomic E-state index is 0.0563. The fraction of sp³-hybridized carbons (Fsp3) is 0.957. The second-order valence-corrected chi connectivity index (χ2v) is 15.9. The van der Waals surface area contributed by atoms with Gasteiger partial charge in [0, 0.05) is 12.8 Å². The van der Waals surface area contributed by atoms with Crippen molar-refractivity contribution in [3.05, 3.63) is 0 Å². The first-order valence-corrected chi connectivity index (χ1v) is 23.1. The lowest BCUT2D eigenvalue weighted by Gasteiger charge is -2.15. The molecule has 0 saturated heterocycles. The van der Waals surface area contributed by atoms with E-state index in [0.29, 0.717) is 12.8 Å². The highest BCUT2D eigenvalue weighted by Gasteiger charge is 2.16. The van der Waals surface area contributed by atoms with Crippen LogP contribution >= 0.6 is 0 Å². The van der Waals surface area contributed by atoms with E-state index in [1.807, 2.05) is 0 Å². The van der Waals surface area contributed by atoms with Crippen LogP contribution in [-0.4, -0.2) is 36.4 Å². The number of ether oxygens (including phenoxy) is 2. The Morgan fingerprint density at radius 2 is 0.608 bits per heavy atom. The number of hydrogen-bond acceptors (Lipinski definition) is 5. The summed E-state index contributed by atoms with van der Waals surface area (Å²) in [4.78, 5) is 24.3. The van der Waals surface area contributed by atoms with Gasteiger partial charge in [0.2, 0.25) is 0 Å². The van der Waals surface area contributed by atoms with Gasteiger partial charge in [0.1, 0.15) is 6.61 Å². The van der Waals surface area contributed by atoms with Gasteiger partial charge in [-0.25, -0.2) is 0 Å². The van der Waals surface area contributed by atoms with Crippen LogP contribution in [0.5, 0.6) is 0 Å². The van der Waals surface area contributed by atoms with Gasteiger partial charge in [-0.05, 0) is 12.8 Å². The molecule has 5 heteroatoms. The molecule has 51 heavy (non-hydrogen) atoms. The molecule has 0 saturated carbocycles. The van der Waals surface area contributed by atoms with E-state index in [-0.39, 0.29) is 25.2 Å². The number of rotatable bonds is 43. The molecule has 0 aromatic rings. The van der Waals surface area contributed by atoms with Crippen LogP contribution < -0.4 is 0 Å². The van der Waals surface area contributed by atoms with E-state index in [1.54, 1.807) is 0 Å². The highest BCUT2D eigenvalue weighted by molar-refractivity contribution is 5.70. The molecule has 1 atom stereocenters. The van der Waals surface area contributed by atoms with Gasteiger partial charge < -0.3 is 14.6 Å². The number of hydrogen-bond donors (Lipinski definition) is 1. The van der Waals surface area contributed by atoms with Crippen LogP contribution in [-0.2, 0) is 19.1 Å². The Morgan fingerprint density at radius 1 is 0.373 bits per heavy atom. The highest BCUT2D eigenvalue weighted by atomic mass is 16.6. The van der Waals surface area contributed by atoms with Crippen LogP contribution in [0.2, 0.25) is 0 Å². The number of aliphatic hydroxyl groups is 1. The first-order valence-electron chi connectivity index (χ1n) is 23.1. The van der Waals surface area contributed by atoms with Crippen molar-refractivity contribution >= 4 is 11.9 Å². The molecule has 0 fully saturated rings. The standard InChI is InChI=1S/C46H90O5/c1-3-5-7-9-11-13-15-17-19-20-21-22-23-24-25-27-28-30-32-34-36-38-40-45(48)50-43-44(42-47)51-46(49)41-39-37-35-33-31-29-26-18-16-14-12-10-8-6-4-2/h44,47H,3-43H2,1-2H3/t44-/m0/s1. The van der Waals surface area contributed by atoms with Gasteiger partial charge in [-0.3, -0.25) is 9.59 Å². The van der Waals surface area contributed by atoms with Crippen molar-refractivity contribution in [2.75, 3.05) is 13.2 Å². The topological polar surface area (TPSA) is 72.8 Å². The van der Waals surface area contributed by atoms with Gasteiger partial charge >= 0.3 is 11.9 Å². The van der Waals surface area contributed by atoms with Crippen molar-refractivity contribution in [1.29, 1.82) is 0 Å². The van der Waals surface area contributed by atoms with E-state index in [4.69, 9.17) is 9.47 Å². The number of aliphatic hydroxyl groups excluding tert-OH is 1. The summed E-state index contributed by atoms with van der Waals surface area (Å²) in [5.74, 6) is -0.570. The zero-order chi connectivity index (χ0) is 37.1. The van der Waals surface area contributed by atoms with Crippen molar-refractivity contribution in [2.45, 2.75) is 270 Å². The maximum atomic E-state index is 12.2. The van der Waals surface area contributed by atoms with Gasteiger partial charge in [-0.1, -0.05) is 239 Å². The molecule has 0 radical (unpaired) electrons. The third kappa shape index (κ3) is 41.5. The van der Waals surface area contributed by atoms with Crippen LogP contribution in [0.15, 0.2) is 0 Å². The summed E-state index contributed by atoms with van der Waals surface area (Å²) >= 11 is 0. The lowest BCUT2D eigenvalue weighted by atomic mass is 10.0. The Balaban J connectivity index is 3.43. The van der Waals surface area contributed by atoms with E-state index in [0.717, 1.165) is 32.1 Å². The van der Waals surface area contributed by atoms with Gasteiger partial charge in [0.05, 0.1) is 6.61 Å². The molecule has 0 aliphatic carbocycles. The number of esters is 2. The SMILES string of the molecule is CCCCCCCCCCCCCCCCCCCCCCCCC(=O)OC[C@H](CO)OC(=O)CCCCCCCCCCCCCCCCC. The maximum absolute atomic E-state index is 12.2. The molecule has 0 bridgehead atoms. The molecule has 0 unspecified atom stereocenters. The number of carbonyl (C=O) groups excluding carboxylic acids is 2. The molecule has 1 N–H and O–H groups in total. The molecule has 0 heterocycles. The molecule has 0 spiro atoms. The minimum atomic E-state index is -0.762. The zero-order valence-corrected chi connectivity index (χ0v) is 34.6. The molecular formula is C46H90O5. The fourth-order valence-corrected chi connectivity index (χ4v) is 7.15. The molecule has 0 amide bonds. The summed E-state index contributed by atoms with van der Waals surface area (Å²) < 4.78 is 10.7. The summed E-state index contributed by atoms with van der Waals surface area (Å²) in [6, 6.07) is 0. The molecule has 0 aromatic heterocycles. The average molecular weight is 723 g/mol. The molecule has 0 aliphatic heterocycles. The van der Waals surface area contributed by atoms with Crippen LogP contribution in [0.25, 0.3) is 0 Å². The lowest BCUT2D eigenvalue weighted by Crippen LogP contribution is -2.28. The third-order valence-electron chi connectivity index (χ3n) is 10.7. The van der Waals surface area contributed by atoms with E-state index in [9.17, 15) is 14.7 Å². The summed E-state index contributed by atoms with van der Waals surface area (Å²) in [6.45, 7) is 4.18. The van der Waals surface area contributed by atoms with Gasteiger partial charge in [-0.2, -0.15) is 0 Å². The van der Waals surface area contributed by atoms with Gasteiger partial charge in [-0.15, -0.1) is 0 Å². The van der Waals surface area contributed by atoms with Crippen molar-refractivity contribution in [2.24, 2.45) is 0 Å². The zero-order valence-electron chi connectivity index (χ0n) is 34.6. The Morgan fingerprint density at radius 3 is 0.863 bits per heavy atom. The van der Waals surface area contributed by atoms with Crippen LogP contribution in [0.1, 0.15) is 264 Å². The maximum Gasteiger partial charge on any atom is 0.306 e. The quantitative estimate of drug-likeness (QED) is 0.0501. The van der Waals surface area contributed by atoms with Crippen LogP contribution in [0.4, 0.5) is 0 Å². The summed E-state index contributed by atoms with van der Waals surface area (Å²) in [5.41, 5.74) is 0. The molecule has 0 rings (SSSR count). The second kappa shape index (κ2) is 43.3. The van der Waals surface area contributed by atoms with E-state index >= 15 is 0 Å². The molecule has 304 valence electrons. The van der Waals surface area contributed by atoms with E-state index in [1.165, 1.54) is 205 Å². The Hall–Kier alpha value is -1.10. The molecule has 5 nitrogen and oxygen atoms in total. The van der Waals surface area contributed by atoms with Crippen molar-refractivity contribution < 1.29 is 24.2 Å². The Labute approximate surface area is 319 Å². The minimum Gasteiger partial charge on any atom is -0.462 e. The predicted molar refractivity (Wildman–Crippen MR) is 219 cm³/mol. The summed E-state index contributed by atoms with van der Waals surface area (Å²) in [7, 11) is 0. The van der Waals surface area contributed by atoms with Crippen LogP contribution in [0.3, 0.4) is 0 Å². The van der Waals surface area contributed by atoms with Crippen molar-refractivity contribution in [3.63, 3.8) is 0 Å². The molecular weight excluding hydrogens is 633 g/mol. The largest absolute Gasteiger partial charge is 0.462 e. The average Bonchev–Trinajstić information content (AvgIpc) is 3.13. The number of unbranched alkanes of at least 4 members (excludes halogenated alkanes) is 35. The van der Waals surface area contributed by atoms with Gasteiger partial charge in [0.15, 0.2) is 6.10 Å². The summed E-state index contributed by atoms with van der Waals surface area (Å²) in [5, 5.41) is 9.58. The van der Waals surface area contributed by atoms with Crippen molar-refractivity contribution in [3.8, 4) is 0 Å². The van der Waals surface area contributed by atoms with E-state index in [2.05, 4.69) is 13.8 Å². The first kappa shape index (κ1) is 49.9. The second-order valence-electron chi connectivity index (χ2n) is 15.9. The first-order chi connectivity index (χ1) is 25.1. The summed E-state index contributed by atoms with van der Waals surface area (Å²) in [6.07, 6.45) is 49.0. The highest BCUT2D eigenvalue weighted by Crippen LogP contribution is 2.17. The Bertz CT molecular complexity index is 695. The lowest BCUT2D eigenvalue weighted by molar-refractivity contribution is -0.161. The van der Waals surface area contributed by atoms with Crippen LogP contribution in [0, 0.1) is 0 Å². The third-order valence-corrected chi connectivity index (χ3v) is 10.7. The smallest absolute Gasteiger partial charge is 0.306 e. The Kier molecular flexibility index (Phi) is 42.4. The number of carbonyl (C=O) groups is 2. The van der Waals surface area contributed by atoms with Crippen molar-refractivity contribution in [1.82, 2.24) is 0 Å². The predicted octanol–water partition coefficient (Wildman–Crippen LogP) is 14.7. The van der Waals surface area contributed by atoms with Gasteiger partial charge in [0.25, 0.3) is 0 Å². The molecule has 0 aliphatic rings. The van der Waals surface area contributed by atoms with E-state index < -0.39 is 6.10 Å². The fourth-order valence-electron chi connectivity index (χ4n) is 7.15. The normalized spacial score (nSPS) is 12.0. The molecule has 0 aromatic carbocycles.